The van der Waals surface area contributed by atoms with Crippen LogP contribution in [0, 0.1) is 0 Å². The highest BCUT2D eigenvalue weighted by molar-refractivity contribution is 6.30. The molecule has 2 aromatic carbocycles. The second-order valence-electron chi connectivity index (χ2n) is 3.36. The van der Waals surface area contributed by atoms with Crippen molar-refractivity contribution in [3.63, 3.8) is 0 Å². The first-order chi connectivity index (χ1) is 7.72. The normalized spacial score (nSPS) is 10.1. The maximum absolute atomic E-state index is 9.84. The molecule has 0 aliphatic heterocycles. The number of phenols is 1. The molecule has 1 N–H and O–H groups in total. The molecule has 0 spiro atoms. The van der Waals surface area contributed by atoms with E-state index in [1.165, 1.54) is 0 Å². The van der Waals surface area contributed by atoms with Crippen LogP contribution in [0.5, 0.6) is 11.5 Å². The second-order valence-corrected chi connectivity index (χ2v) is 3.80. The molecule has 0 radical (unpaired) electrons. The van der Waals surface area contributed by atoms with Crippen LogP contribution in [0.2, 0.25) is 5.02 Å². The van der Waals surface area contributed by atoms with Crippen LogP contribution in [0.4, 0.5) is 0 Å². The Labute approximate surface area is 99.1 Å². The van der Waals surface area contributed by atoms with E-state index in [1.54, 1.807) is 37.4 Å². The molecule has 82 valence electrons. The number of phenolic OH excluding ortho intramolecular Hbond substituents is 1. The number of halogens is 1. The molecule has 0 amide bonds. The zero-order chi connectivity index (χ0) is 11.5. The van der Waals surface area contributed by atoms with Gasteiger partial charge in [0.2, 0.25) is 0 Å². The summed E-state index contributed by atoms with van der Waals surface area (Å²) in [7, 11) is 1.57. The van der Waals surface area contributed by atoms with Crippen molar-refractivity contribution in [3.8, 4) is 22.6 Å². The van der Waals surface area contributed by atoms with Gasteiger partial charge in [0.15, 0.2) is 0 Å². The van der Waals surface area contributed by atoms with Gasteiger partial charge in [0.1, 0.15) is 11.5 Å². The fraction of sp³-hybridized carbons (Fsp3) is 0.0769. The van der Waals surface area contributed by atoms with Crippen molar-refractivity contribution in [2.45, 2.75) is 0 Å². The fourth-order valence-electron chi connectivity index (χ4n) is 1.62. The van der Waals surface area contributed by atoms with E-state index in [9.17, 15) is 5.11 Å². The van der Waals surface area contributed by atoms with Crippen LogP contribution in [0.15, 0.2) is 42.5 Å². The van der Waals surface area contributed by atoms with Crippen molar-refractivity contribution in [2.24, 2.45) is 0 Å². The van der Waals surface area contributed by atoms with E-state index in [2.05, 4.69) is 0 Å². The highest BCUT2D eigenvalue weighted by Gasteiger charge is 2.10. The molecule has 2 nitrogen and oxygen atoms in total. The molecule has 0 aliphatic rings. The summed E-state index contributed by atoms with van der Waals surface area (Å²) in [5.41, 5.74) is 1.50. The van der Waals surface area contributed by atoms with Crippen LogP contribution < -0.4 is 4.74 Å². The number of aromatic hydroxyl groups is 1. The maximum atomic E-state index is 9.84. The SMILES string of the molecule is COc1cccc(O)c1-c1cccc(Cl)c1. The molecular formula is C13H11ClO2. The van der Waals surface area contributed by atoms with Gasteiger partial charge in [-0.3, -0.25) is 0 Å². The smallest absolute Gasteiger partial charge is 0.130 e. The minimum atomic E-state index is 0.182. The van der Waals surface area contributed by atoms with Crippen LogP contribution in [0.25, 0.3) is 11.1 Å². The van der Waals surface area contributed by atoms with Gasteiger partial charge in [0, 0.05) is 5.02 Å². The highest BCUT2D eigenvalue weighted by Crippen LogP contribution is 2.38. The molecule has 0 heterocycles. The summed E-state index contributed by atoms with van der Waals surface area (Å²) in [6.07, 6.45) is 0. The van der Waals surface area contributed by atoms with Gasteiger partial charge in [0.25, 0.3) is 0 Å². The summed E-state index contributed by atoms with van der Waals surface area (Å²) >= 11 is 5.92. The summed E-state index contributed by atoms with van der Waals surface area (Å²) in [6.45, 7) is 0. The number of rotatable bonds is 2. The number of ether oxygens (including phenoxy) is 1. The fourth-order valence-corrected chi connectivity index (χ4v) is 1.81. The second kappa shape index (κ2) is 4.45. The number of hydrogen-bond donors (Lipinski definition) is 1. The van der Waals surface area contributed by atoms with E-state index in [0.29, 0.717) is 16.3 Å². The summed E-state index contributed by atoms with van der Waals surface area (Å²) in [5, 5.41) is 10.5. The first-order valence-electron chi connectivity index (χ1n) is 4.84. The van der Waals surface area contributed by atoms with Crippen LogP contribution in [0.1, 0.15) is 0 Å². The van der Waals surface area contributed by atoms with E-state index in [-0.39, 0.29) is 5.75 Å². The van der Waals surface area contributed by atoms with Crippen LogP contribution in [0.3, 0.4) is 0 Å². The first kappa shape index (κ1) is 10.8. The largest absolute Gasteiger partial charge is 0.507 e. The van der Waals surface area contributed by atoms with Crippen molar-refractivity contribution >= 4 is 11.6 Å². The third kappa shape index (κ3) is 1.97. The van der Waals surface area contributed by atoms with Gasteiger partial charge in [-0.2, -0.15) is 0 Å². The number of methoxy groups -OCH3 is 1. The zero-order valence-electron chi connectivity index (χ0n) is 8.77. The van der Waals surface area contributed by atoms with Gasteiger partial charge in [0.05, 0.1) is 12.7 Å². The Morgan fingerprint density at radius 1 is 1.12 bits per heavy atom. The molecule has 16 heavy (non-hydrogen) atoms. The van der Waals surface area contributed by atoms with Crippen molar-refractivity contribution in [3.05, 3.63) is 47.5 Å². The van der Waals surface area contributed by atoms with Gasteiger partial charge >= 0.3 is 0 Å². The third-order valence-electron chi connectivity index (χ3n) is 2.34. The predicted octanol–water partition coefficient (Wildman–Crippen LogP) is 3.72. The van der Waals surface area contributed by atoms with Gasteiger partial charge in [-0.15, -0.1) is 0 Å². The van der Waals surface area contributed by atoms with Crippen molar-refractivity contribution in [1.29, 1.82) is 0 Å². The Balaban J connectivity index is 2.63. The topological polar surface area (TPSA) is 29.5 Å². The molecule has 0 unspecified atom stereocenters. The molecule has 0 aliphatic carbocycles. The van der Waals surface area contributed by atoms with E-state index in [1.807, 2.05) is 12.1 Å². The molecule has 2 rings (SSSR count). The zero-order valence-corrected chi connectivity index (χ0v) is 9.53. The Morgan fingerprint density at radius 3 is 2.56 bits per heavy atom. The van der Waals surface area contributed by atoms with E-state index in [4.69, 9.17) is 16.3 Å². The molecule has 0 bridgehead atoms. The van der Waals surface area contributed by atoms with E-state index < -0.39 is 0 Å². The molecule has 0 saturated carbocycles. The summed E-state index contributed by atoms with van der Waals surface area (Å²) in [5.74, 6) is 0.809. The Hall–Kier alpha value is -1.67. The van der Waals surface area contributed by atoms with Gasteiger partial charge in [-0.05, 0) is 29.8 Å². The molecule has 2 aromatic rings. The lowest BCUT2D eigenvalue weighted by molar-refractivity contribution is 0.410. The minimum Gasteiger partial charge on any atom is -0.507 e. The molecule has 0 atom stereocenters. The maximum Gasteiger partial charge on any atom is 0.130 e. The Kier molecular flexibility index (Phi) is 3.02. The van der Waals surface area contributed by atoms with Crippen molar-refractivity contribution < 1.29 is 9.84 Å². The molecule has 0 aromatic heterocycles. The molecule has 0 saturated heterocycles. The van der Waals surface area contributed by atoms with Crippen LogP contribution in [-0.4, -0.2) is 12.2 Å². The standard InChI is InChI=1S/C13H11ClO2/c1-16-12-7-3-6-11(15)13(12)9-4-2-5-10(14)8-9/h2-8,15H,1H3. The van der Waals surface area contributed by atoms with Crippen LogP contribution in [-0.2, 0) is 0 Å². The molecular weight excluding hydrogens is 224 g/mol. The molecule has 3 heteroatoms. The summed E-state index contributed by atoms with van der Waals surface area (Å²) < 4.78 is 5.22. The van der Waals surface area contributed by atoms with Gasteiger partial charge < -0.3 is 9.84 Å². The van der Waals surface area contributed by atoms with Crippen molar-refractivity contribution in [1.82, 2.24) is 0 Å². The Bertz CT molecular complexity index is 509. The van der Waals surface area contributed by atoms with Gasteiger partial charge in [-0.1, -0.05) is 29.8 Å². The summed E-state index contributed by atoms with van der Waals surface area (Å²) in [4.78, 5) is 0. The van der Waals surface area contributed by atoms with Crippen LogP contribution >= 0.6 is 11.6 Å². The molecule has 0 fully saturated rings. The van der Waals surface area contributed by atoms with E-state index in [0.717, 1.165) is 5.56 Å². The monoisotopic (exact) mass is 234 g/mol. The minimum absolute atomic E-state index is 0.182. The lowest BCUT2D eigenvalue weighted by atomic mass is 10.0. The average molecular weight is 235 g/mol. The van der Waals surface area contributed by atoms with E-state index >= 15 is 0 Å². The number of hydrogen-bond acceptors (Lipinski definition) is 2. The highest BCUT2D eigenvalue weighted by atomic mass is 35.5. The number of benzene rings is 2. The summed E-state index contributed by atoms with van der Waals surface area (Å²) in [6, 6.07) is 12.5. The van der Waals surface area contributed by atoms with Crippen molar-refractivity contribution in [2.75, 3.05) is 7.11 Å². The predicted molar refractivity (Wildman–Crippen MR) is 65.1 cm³/mol. The third-order valence-corrected chi connectivity index (χ3v) is 2.57. The lowest BCUT2D eigenvalue weighted by Gasteiger charge is -2.10. The lowest BCUT2D eigenvalue weighted by Crippen LogP contribution is -1.88. The first-order valence-corrected chi connectivity index (χ1v) is 5.22. The quantitative estimate of drug-likeness (QED) is 0.858. The van der Waals surface area contributed by atoms with Gasteiger partial charge in [-0.25, -0.2) is 0 Å². The average Bonchev–Trinajstić information content (AvgIpc) is 2.28. The Morgan fingerprint density at radius 2 is 1.88 bits per heavy atom.